The first-order valence-corrected chi connectivity index (χ1v) is 7.53. The molecule has 23 heavy (non-hydrogen) atoms. The summed E-state index contributed by atoms with van der Waals surface area (Å²) in [6.45, 7) is 2.71. The number of hydrogen-bond donors (Lipinski definition) is 2. The predicted octanol–water partition coefficient (Wildman–Crippen LogP) is 1.70. The summed E-state index contributed by atoms with van der Waals surface area (Å²) in [5, 5.41) is 5.25. The van der Waals surface area contributed by atoms with Crippen molar-refractivity contribution in [3.63, 3.8) is 0 Å². The highest BCUT2D eigenvalue weighted by molar-refractivity contribution is 5.97. The highest BCUT2D eigenvalue weighted by Gasteiger charge is 2.24. The van der Waals surface area contributed by atoms with Crippen LogP contribution in [-0.2, 0) is 14.3 Å². The zero-order valence-electron chi connectivity index (χ0n) is 13.2. The van der Waals surface area contributed by atoms with Gasteiger partial charge in [-0.25, -0.2) is 4.39 Å². The van der Waals surface area contributed by atoms with Crippen LogP contribution < -0.4 is 15.4 Å². The molecule has 0 aliphatic carbocycles. The summed E-state index contributed by atoms with van der Waals surface area (Å²) in [6.07, 6.45) is 1.31. The maximum atomic E-state index is 13.6. The number of hydrogen-bond acceptors (Lipinski definition) is 4. The number of anilines is 1. The maximum Gasteiger partial charge on any atom is 0.246 e. The molecule has 1 aliphatic rings. The van der Waals surface area contributed by atoms with Gasteiger partial charge in [0.1, 0.15) is 6.04 Å². The van der Waals surface area contributed by atoms with E-state index in [0.717, 1.165) is 0 Å². The highest BCUT2D eigenvalue weighted by atomic mass is 19.1. The smallest absolute Gasteiger partial charge is 0.246 e. The number of nitrogens with one attached hydrogen (secondary N) is 2. The number of halogens is 1. The van der Waals surface area contributed by atoms with Crippen LogP contribution in [0.5, 0.6) is 5.75 Å². The van der Waals surface area contributed by atoms with E-state index in [1.54, 1.807) is 6.92 Å². The van der Waals surface area contributed by atoms with Gasteiger partial charge < -0.3 is 20.1 Å². The molecule has 2 rings (SSSR count). The van der Waals surface area contributed by atoms with Gasteiger partial charge in [0.05, 0.1) is 7.11 Å². The zero-order chi connectivity index (χ0) is 16.8. The standard InChI is InChI=1S/C16H21FN2O4/c1-10(18-16(21)11-5-7-23-8-6-11)15(20)19-12-3-4-14(22-2)13(17)9-12/h3-4,9-11H,5-8H2,1-2H3,(H,18,21)(H,19,20)/t10-/m1/s1. The number of benzene rings is 1. The van der Waals surface area contributed by atoms with E-state index < -0.39 is 17.8 Å². The summed E-state index contributed by atoms with van der Waals surface area (Å²) >= 11 is 0. The third-order valence-electron chi connectivity index (χ3n) is 3.76. The number of carbonyl (C=O) groups is 2. The lowest BCUT2D eigenvalue weighted by atomic mass is 9.99. The first-order valence-electron chi connectivity index (χ1n) is 7.53. The van der Waals surface area contributed by atoms with E-state index in [0.29, 0.717) is 31.7 Å². The number of ether oxygens (including phenoxy) is 2. The SMILES string of the molecule is COc1ccc(NC(=O)[C@@H](C)NC(=O)C2CCOCC2)cc1F. The second-order valence-electron chi connectivity index (χ2n) is 5.46. The average molecular weight is 324 g/mol. The van der Waals surface area contributed by atoms with E-state index >= 15 is 0 Å². The second-order valence-corrected chi connectivity index (χ2v) is 5.46. The highest BCUT2D eigenvalue weighted by Crippen LogP contribution is 2.20. The normalized spacial score (nSPS) is 16.5. The van der Waals surface area contributed by atoms with E-state index in [4.69, 9.17) is 9.47 Å². The summed E-state index contributed by atoms with van der Waals surface area (Å²) in [6, 6.07) is 3.42. The number of rotatable bonds is 5. The van der Waals surface area contributed by atoms with Crippen molar-refractivity contribution in [2.75, 3.05) is 25.6 Å². The predicted molar refractivity (Wildman–Crippen MR) is 82.7 cm³/mol. The van der Waals surface area contributed by atoms with Gasteiger partial charge in [-0.1, -0.05) is 0 Å². The molecule has 2 amide bonds. The Morgan fingerprint density at radius 3 is 2.65 bits per heavy atom. The molecule has 7 heteroatoms. The molecule has 1 aromatic rings. The van der Waals surface area contributed by atoms with Crippen LogP contribution in [0.3, 0.4) is 0 Å². The van der Waals surface area contributed by atoms with Gasteiger partial charge >= 0.3 is 0 Å². The molecule has 1 atom stereocenters. The van der Waals surface area contributed by atoms with Crippen LogP contribution in [0.2, 0.25) is 0 Å². The fourth-order valence-electron chi connectivity index (χ4n) is 2.35. The monoisotopic (exact) mass is 324 g/mol. The Bertz CT molecular complexity index is 573. The van der Waals surface area contributed by atoms with Gasteiger partial charge in [0.25, 0.3) is 0 Å². The van der Waals surface area contributed by atoms with Crippen molar-refractivity contribution in [1.82, 2.24) is 5.32 Å². The van der Waals surface area contributed by atoms with Gasteiger partial charge in [-0.15, -0.1) is 0 Å². The molecule has 1 heterocycles. The van der Waals surface area contributed by atoms with Crippen LogP contribution in [0.25, 0.3) is 0 Å². The maximum absolute atomic E-state index is 13.6. The zero-order valence-corrected chi connectivity index (χ0v) is 13.2. The van der Waals surface area contributed by atoms with Crippen molar-refractivity contribution in [3.05, 3.63) is 24.0 Å². The molecular weight excluding hydrogens is 303 g/mol. The molecule has 6 nitrogen and oxygen atoms in total. The fourth-order valence-corrected chi connectivity index (χ4v) is 2.35. The lowest BCUT2D eigenvalue weighted by Gasteiger charge is -2.23. The van der Waals surface area contributed by atoms with Gasteiger partial charge in [0.2, 0.25) is 11.8 Å². The lowest BCUT2D eigenvalue weighted by Crippen LogP contribution is -2.45. The summed E-state index contributed by atoms with van der Waals surface area (Å²) in [5.74, 6) is -1.16. The van der Waals surface area contributed by atoms with E-state index in [2.05, 4.69) is 10.6 Å². The molecule has 0 saturated carbocycles. The number of carbonyl (C=O) groups excluding carboxylic acids is 2. The molecule has 0 bridgehead atoms. The number of methoxy groups -OCH3 is 1. The van der Waals surface area contributed by atoms with E-state index in [1.807, 2.05) is 0 Å². The minimum Gasteiger partial charge on any atom is -0.494 e. The largest absolute Gasteiger partial charge is 0.494 e. The Labute approximate surface area is 134 Å². The minimum atomic E-state index is -0.712. The van der Waals surface area contributed by atoms with E-state index in [9.17, 15) is 14.0 Å². The Morgan fingerprint density at radius 2 is 2.04 bits per heavy atom. The summed E-state index contributed by atoms with van der Waals surface area (Å²) in [4.78, 5) is 24.2. The molecule has 2 N–H and O–H groups in total. The molecule has 1 aliphatic heterocycles. The molecule has 1 aromatic carbocycles. The van der Waals surface area contributed by atoms with Crippen molar-refractivity contribution in [1.29, 1.82) is 0 Å². The van der Waals surface area contributed by atoms with Crippen molar-refractivity contribution < 1.29 is 23.5 Å². The molecule has 1 saturated heterocycles. The van der Waals surface area contributed by atoms with Crippen LogP contribution in [0.4, 0.5) is 10.1 Å². The third-order valence-corrected chi connectivity index (χ3v) is 3.76. The molecule has 0 aromatic heterocycles. The average Bonchev–Trinajstić information content (AvgIpc) is 2.55. The van der Waals surface area contributed by atoms with Crippen molar-refractivity contribution in [3.8, 4) is 5.75 Å². The van der Waals surface area contributed by atoms with Gasteiger partial charge in [-0.05, 0) is 31.9 Å². The molecule has 0 spiro atoms. The van der Waals surface area contributed by atoms with Crippen molar-refractivity contribution in [2.45, 2.75) is 25.8 Å². The molecule has 1 fully saturated rings. The van der Waals surface area contributed by atoms with Crippen LogP contribution in [0.15, 0.2) is 18.2 Å². The second kappa shape index (κ2) is 7.92. The number of amides is 2. The van der Waals surface area contributed by atoms with Crippen molar-refractivity contribution in [2.24, 2.45) is 5.92 Å². The molecular formula is C16H21FN2O4. The van der Waals surface area contributed by atoms with Crippen LogP contribution >= 0.6 is 0 Å². The van der Waals surface area contributed by atoms with Gasteiger partial charge in [0.15, 0.2) is 11.6 Å². The lowest BCUT2D eigenvalue weighted by molar-refractivity contribution is -0.131. The first kappa shape index (κ1) is 17.2. The first-order chi connectivity index (χ1) is 11.0. The minimum absolute atomic E-state index is 0.101. The summed E-state index contributed by atoms with van der Waals surface area (Å²) in [5.41, 5.74) is 0.306. The Kier molecular flexibility index (Phi) is 5.92. The van der Waals surface area contributed by atoms with E-state index in [-0.39, 0.29) is 17.6 Å². The quantitative estimate of drug-likeness (QED) is 0.864. The van der Waals surface area contributed by atoms with Crippen molar-refractivity contribution >= 4 is 17.5 Å². The van der Waals surface area contributed by atoms with E-state index in [1.165, 1.54) is 25.3 Å². The molecule has 126 valence electrons. The van der Waals surface area contributed by atoms with Crippen LogP contribution in [0, 0.1) is 11.7 Å². The summed E-state index contributed by atoms with van der Waals surface area (Å²) in [7, 11) is 1.37. The summed E-state index contributed by atoms with van der Waals surface area (Å²) < 4.78 is 23.6. The van der Waals surface area contributed by atoms with Crippen LogP contribution in [-0.4, -0.2) is 38.2 Å². The molecule has 0 unspecified atom stereocenters. The Hall–Kier alpha value is -2.15. The Morgan fingerprint density at radius 1 is 1.35 bits per heavy atom. The topological polar surface area (TPSA) is 76.7 Å². The Balaban J connectivity index is 1.89. The molecule has 0 radical (unpaired) electrons. The van der Waals surface area contributed by atoms with Gasteiger partial charge in [-0.3, -0.25) is 9.59 Å². The third kappa shape index (κ3) is 4.66. The van der Waals surface area contributed by atoms with Gasteiger partial charge in [-0.2, -0.15) is 0 Å². The fraction of sp³-hybridized carbons (Fsp3) is 0.500. The van der Waals surface area contributed by atoms with Gasteiger partial charge in [0, 0.05) is 30.9 Å². The van der Waals surface area contributed by atoms with Crippen LogP contribution in [0.1, 0.15) is 19.8 Å².